The van der Waals surface area contributed by atoms with Gasteiger partial charge in [-0.3, -0.25) is 0 Å². The van der Waals surface area contributed by atoms with E-state index in [4.69, 9.17) is 27.9 Å². The van der Waals surface area contributed by atoms with E-state index in [1.165, 1.54) is 18.4 Å². The lowest BCUT2D eigenvalue weighted by atomic mass is 10.2. The van der Waals surface area contributed by atoms with E-state index in [1.807, 2.05) is 0 Å². The summed E-state index contributed by atoms with van der Waals surface area (Å²) in [6.45, 7) is 1.75. The molecule has 94 valence electrons. The Morgan fingerprint density at radius 3 is 2.78 bits per heavy atom. The van der Waals surface area contributed by atoms with Gasteiger partial charge in [0.05, 0.1) is 17.8 Å². The number of hydrogen-bond acceptors (Lipinski definition) is 4. The Hall–Kier alpha value is -1.10. The number of carbonyl (C=O) groups excluding carboxylic acids is 1. The van der Waals surface area contributed by atoms with Crippen molar-refractivity contribution in [3.05, 3.63) is 38.8 Å². The van der Waals surface area contributed by atoms with Crippen molar-refractivity contribution in [2.45, 2.75) is 6.92 Å². The Bertz CT molecular complexity index is 610. The summed E-state index contributed by atoms with van der Waals surface area (Å²) < 4.78 is 4.69. The molecule has 0 radical (unpaired) electrons. The Labute approximate surface area is 118 Å². The minimum Gasteiger partial charge on any atom is -0.465 e. The van der Waals surface area contributed by atoms with E-state index in [0.29, 0.717) is 31.2 Å². The molecule has 3 nitrogen and oxygen atoms in total. The molecule has 2 rings (SSSR count). The topological polar surface area (TPSA) is 39.2 Å². The molecule has 0 saturated heterocycles. The number of ether oxygens (including phenoxy) is 1. The Balaban J connectivity index is 2.52. The van der Waals surface area contributed by atoms with Gasteiger partial charge in [0, 0.05) is 10.6 Å². The molecule has 2 aromatic rings. The van der Waals surface area contributed by atoms with Crippen molar-refractivity contribution in [2.24, 2.45) is 0 Å². The van der Waals surface area contributed by atoms with Crippen molar-refractivity contribution >= 4 is 40.5 Å². The number of aromatic nitrogens is 1. The van der Waals surface area contributed by atoms with Crippen LogP contribution in [-0.4, -0.2) is 18.1 Å². The Morgan fingerprint density at radius 1 is 1.39 bits per heavy atom. The second-order valence-corrected chi connectivity index (χ2v) is 5.39. The monoisotopic (exact) mass is 301 g/mol. The number of aryl methyl sites for hydroxylation is 1. The van der Waals surface area contributed by atoms with Crippen molar-refractivity contribution in [1.29, 1.82) is 0 Å². The Morgan fingerprint density at radius 2 is 2.11 bits per heavy atom. The van der Waals surface area contributed by atoms with Gasteiger partial charge >= 0.3 is 5.97 Å². The van der Waals surface area contributed by atoms with Crippen LogP contribution in [0, 0.1) is 6.92 Å². The van der Waals surface area contributed by atoms with Gasteiger partial charge in [0.25, 0.3) is 0 Å². The van der Waals surface area contributed by atoms with E-state index >= 15 is 0 Å². The molecule has 0 aliphatic carbocycles. The molecule has 0 spiro atoms. The summed E-state index contributed by atoms with van der Waals surface area (Å²) in [7, 11) is 1.34. The lowest BCUT2D eigenvalue weighted by Crippen LogP contribution is -1.99. The summed E-state index contributed by atoms with van der Waals surface area (Å²) in [5, 5.41) is 1.77. The average Bonchev–Trinajstić information content (AvgIpc) is 2.73. The summed E-state index contributed by atoms with van der Waals surface area (Å²) in [5.41, 5.74) is 1.34. The molecule has 0 aliphatic heterocycles. The molecule has 0 amide bonds. The van der Waals surface area contributed by atoms with Crippen molar-refractivity contribution < 1.29 is 9.53 Å². The van der Waals surface area contributed by atoms with Crippen molar-refractivity contribution in [2.75, 3.05) is 7.11 Å². The predicted molar refractivity (Wildman–Crippen MR) is 73.6 cm³/mol. The third kappa shape index (κ3) is 2.51. The molecule has 6 heteroatoms. The zero-order valence-corrected chi connectivity index (χ0v) is 12.0. The SMILES string of the molecule is COC(=O)c1sc(-c2cc(Cl)ccc2Cl)nc1C. The van der Waals surface area contributed by atoms with E-state index in [9.17, 15) is 4.79 Å². The van der Waals surface area contributed by atoms with Crippen LogP contribution in [0.3, 0.4) is 0 Å². The highest BCUT2D eigenvalue weighted by molar-refractivity contribution is 7.17. The van der Waals surface area contributed by atoms with Gasteiger partial charge in [-0.05, 0) is 25.1 Å². The number of halogens is 2. The fourth-order valence-electron chi connectivity index (χ4n) is 1.46. The molecule has 0 bridgehead atoms. The molecule has 0 aliphatic rings. The molecule has 1 heterocycles. The third-order valence-corrected chi connectivity index (χ3v) is 4.06. The molecule has 18 heavy (non-hydrogen) atoms. The zero-order chi connectivity index (χ0) is 13.3. The van der Waals surface area contributed by atoms with Crippen LogP contribution in [0.4, 0.5) is 0 Å². The first-order valence-corrected chi connectivity index (χ1v) is 6.61. The minimum atomic E-state index is -0.394. The summed E-state index contributed by atoms with van der Waals surface area (Å²) in [6, 6.07) is 5.13. The zero-order valence-electron chi connectivity index (χ0n) is 9.66. The fraction of sp³-hybridized carbons (Fsp3) is 0.167. The van der Waals surface area contributed by atoms with Gasteiger partial charge in [-0.2, -0.15) is 0 Å². The van der Waals surface area contributed by atoms with Crippen molar-refractivity contribution in [3.8, 4) is 10.6 Å². The largest absolute Gasteiger partial charge is 0.465 e. The number of nitrogens with zero attached hydrogens (tertiary/aromatic N) is 1. The minimum absolute atomic E-state index is 0.394. The van der Waals surface area contributed by atoms with Gasteiger partial charge < -0.3 is 4.74 Å². The predicted octanol–water partition coefficient (Wildman–Crippen LogP) is 4.21. The van der Waals surface area contributed by atoms with Crippen LogP contribution in [0.1, 0.15) is 15.4 Å². The molecule has 1 aromatic carbocycles. The number of rotatable bonds is 2. The molecule has 0 atom stereocenters. The first-order chi connectivity index (χ1) is 8.52. The molecular formula is C12H9Cl2NO2S. The first-order valence-electron chi connectivity index (χ1n) is 5.04. The van der Waals surface area contributed by atoms with Gasteiger partial charge in [0.2, 0.25) is 0 Å². The lowest BCUT2D eigenvalue weighted by molar-refractivity contribution is 0.0605. The number of thiazole rings is 1. The molecular weight excluding hydrogens is 293 g/mol. The number of methoxy groups -OCH3 is 1. The standard InChI is InChI=1S/C12H9Cl2NO2S/c1-6-10(12(16)17-2)18-11(15-6)8-5-7(13)3-4-9(8)14/h3-5H,1-2H3. The lowest BCUT2D eigenvalue weighted by Gasteiger charge is -2.00. The highest BCUT2D eigenvalue weighted by Gasteiger charge is 2.18. The maximum absolute atomic E-state index is 11.5. The highest BCUT2D eigenvalue weighted by atomic mass is 35.5. The summed E-state index contributed by atoms with van der Waals surface area (Å²) in [6.07, 6.45) is 0. The molecule has 1 aromatic heterocycles. The van der Waals surface area contributed by atoms with Gasteiger partial charge in [0.1, 0.15) is 9.88 Å². The van der Waals surface area contributed by atoms with E-state index in [1.54, 1.807) is 25.1 Å². The summed E-state index contributed by atoms with van der Waals surface area (Å²) in [4.78, 5) is 16.3. The highest BCUT2D eigenvalue weighted by Crippen LogP contribution is 2.34. The average molecular weight is 302 g/mol. The smallest absolute Gasteiger partial charge is 0.349 e. The van der Waals surface area contributed by atoms with Crippen LogP contribution in [0.2, 0.25) is 10.0 Å². The van der Waals surface area contributed by atoms with Gasteiger partial charge in [-0.25, -0.2) is 9.78 Å². The number of carbonyl (C=O) groups is 1. The van der Waals surface area contributed by atoms with Crippen molar-refractivity contribution in [1.82, 2.24) is 4.98 Å². The van der Waals surface area contributed by atoms with Gasteiger partial charge in [0.15, 0.2) is 0 Å². The van der Waals surface area contributed by atoms with Gasteiger partial charge in [-0.15, -0.1) is 11.3 Å². The number of benzene rings is 1. The first kappa shape index (κ1) is 13.3. The van der Waals surface area contributed by atoms with Crippen LogP contribution in [0.25, 0.3) is 10.6 Å². The van der Waals surface area contributed by atoms with Crippen molar-refractivity contribution in [3.63, 3.8) is 0 Å². The summed E-state index contributed by atoms with van der Waals surface area (Å²) >= 11 is 13.3. The van der Waals surface area contributed by atoms with E-state index in [0.717, 1.165) is 0 Å². The van der Waals surface area contributed by atoms with Crippen LogP contribution in [-0.2, 0) is 4.74 Å². The second kappa shape index (κ2) is 5.26. The van der Waals surface area contributed by atoms with Crippen LogP contribution < -0.4 is 0 Å². The van der Waals surface area contributed by atoms with E-state index < -0.39 is 5.97 Å². The van der Waals surface area contributed by atoms with Crippen LogP contribution in [0.15, 0.2) is 18.2 Å². The molecule has 0 fully saturated rings. The van der Waals surface area contributed by atoms with E-state index in [2.05, 4.69) is 4.98 Å². The molecule has 0 saturated carbocycles. The molecule has 0 unspecified atom stereocenters. The van der Waals surface area contributed by atoms with Crippen LogP contribution >= 0.6 is 34.5 Å². The second-order valence-electron chi connectivity index (χ2n) is 3.55. The van der Waals surface area contributed by atoms with Crippen LogP contribution in [0.5, 0.6) is 0 Å². The quantitative estimate of drug-likeness (QED) is 0.780. The van der Waals surface area contributed by atoms with E-state index in [-0.39, 0.29) is 0 Å². The summed E-state index contributed by atoms with van der Waals surface area (Å²) in [5.74, 6) is -0.394. The molecule has 0 N–H and O–H groups in total. The fourth-order valence-corrected chi connectivity index (χ4v) is 2.91. The number of esters is 1. The third-order valence-electron chi connectivity index (χ3n) is 2.33. The van der Waals surface area contributed by atoms with Gasteiger partial charge in [-0.1, -0.05) is 23.2 Å². The Kier molecular flexibility index (Phi) is 3.90. The maximum Gasteiger partial charge on any atom is 0.349 e. The normalized spacial score (nSPS) is 10.4. The number of hydrogen-bond donors (Lipinski definition) is 0. The maximum atomic E-state index is 11.5.